The zero-order chi connectivity index (χ0) is 14.8. The van der Waals surface area contributed by atoms with Crippen LogP contribution in [0, 0.1) is 13.8 Å². The lowest BCUT2D eigenvalue weighted by atomic mass is 10.0. The molecule has 0 spiro atoms. The molecule has 4 heteroatoms. The van der Waals surface area contributed by atoms with Gasteiger partial charge in [-0.15, -0.1) is 11.3 Å². The number of aromatic nitrogens is 1. The van der Waals surface area contributed by atoms with Crippen molar-refractivity contribution >= 4 is 28.4 Å². The predicted molar refractivity (Wildman–Crippen MR) is 85.3 cm³/mol. The molecule has 0 radical (unpaired) electrons. The van der Waals surface area contributed by atoms with Gasteiger partial charge in [0.1, 0.15) is 17.4 Å². The largest absolute Gasteiger partial charge is 0.486 e. The molecule has 0 aliphatic heterocycles. The lowest BCUT2D eigenvalue weighted by Gasteiger charge is -2.09. The fraction of sp³-hybridized carbons (Fsp3) is 0.176. The minimum absolute atomic E-state index is 0.387. The Morgan fingerprint density at radius 1 is 1.19 bits per heavy atom. The lowest BCUT2D eigenvalue weighted by molar-refractivity contribution is 0.112. The zero-order valence-corrected chi connectivity index (χ0v) is 12.7. The van der Waals surface area contributed by atoms with Crippen LogP contribution in [0.2, 0.25) is 0 Å². The standard InChI is InChI=1S/C17H15NO2S/c1-11-12(2)21-17(18-11)10-20-16-8-7-13-5-3-4-6-14(13)15(16)9-19/h3-9H,10H2,1-2H3. The van der Waals surface area contributed by atoms with Gasteiger partial charge >= 0.3 is 0 Å². The van der Waals surface area contributed by atoms with Gasteiger partial charge in [0, 0.05) is 4.88 Å². The summed E-state index contributed by atoms with van der Waals surface area (Å²) in [5.74, 6) is 0.606. The van der Waals surface area contributed by atoms with Gasteiger partial charge in [0.15, 0.2) is 6.29 Å². The number of benzene rings is 2. The van der Waals surface area contributed by atoms with Crippen molar-refractivity contribution in [3.05, 3.63) is 57.5 Å². The molecule has 0 aliphatic rings. The number of carbonyl (C=O) groups excluding carboxylic acids is 1. The number of hydrogen-bond acceptors (Lipinski definition) is 4. The third-order valence-corrected chi connectivity index (χ3v) is 4.52. The number of nitrogens with zero attached hydrogens (tertiary/aromatic N) is 1. The van der Waals surface area contributed by atoms with Crippen LogP contribution in [0.3, 0.4) is 0 Å². The first-order valence-electron chi connectivity index (χ1n) is 6.71. The summed E-state index contributed by atoms with van der Waals surface area (Å²) in [5, 5.41) is 2.87. The maximum absolute atomic E-state index is 11.4. The number of hydrogen-bond donors (Lipinski definition) is 0. The van der Waals surface area contributed by atoms with Gasteiger partial charge < -0.3 is 4.74 Å². The Balaban J connectivity index is 1.91. The van der Waals surface area contributed by atoms with E-state index in [2.05, 4.69) is 4.98 Å². The van der Waals surface area contributed by atoms with E-state index in [-0.39, 0.29) is 0 Å². The Bertz CT molecular complexity index is 788. The Labute approximate surface area is 127 Å². The molecular weight excluding hydrogens is 282 g/mol. The van der Waals surface area contributed by atoms with Gasteiger partial charge in [0.25, 0.3) is 0 Å². The molecule has 0 saturated carbocycles. The second-order valence-corrected chi connectivity index (χ2v) is 6.14. The van der Waals surface area contributed by atoms with Crippen LogP contribution in [-0.2, 0) is 6.61 Å². The van der Waals surface area contributed by atoms with Crippen molar-refractivity contribution in [3.8, 4) is 5.75 Å². The molecule has 0 saturated heterocycles. The molecule has 1 aromatic heterocycles. The van der Waals surface area contributed by atoms with Crippen LogP contribution in [0.25, 0.3) is 10.8 Å². The molecule has 0 aliphatic carbocycles. The second kappa shape index (κ2) is 5.66. The number of aryl methyl sites for hydroxylation is 2. The number of carbonyl (C=O) groups is 1. The highest BCUT2D eigenvalue weighted by Gasteiger charge is 2.10. The van der Waals surface area contributed by atoms with Crippen LogP contribution >= 0.6 is 11.3 Å². The molecule has 3 aromatic rings. The first kappa shape index (κ1) is 13.8. The van der Waals surface area contributed by atoms with Crippen molar-refractivity contribution < 1.29 is 9.53 Å². The number of rotatable bonds is 4. The van der Waals surface area contributed by atoms with Crippen LogP contribution < -0.4 is 4.74 Å². The van der Waals surface area contributed by atoms with E-state index in [1.54, 1.807) is 11.3 Å². The highest BCUT2D eigenvalue weighted by molar-refractivity contribution is 7.11. The maximum Gasteiger partial charge on any atom is 0.154 e. The van der Waals surface area contributed by atoms with Crippen molar-refractivity contribution in [3.63, 3.8) is 0 Å². The highest BCUT2D eigenvalue weighted by atomic mass is 32.1. The first-order chi connectivity index (χ1) is 10.2. The van der Waals surface area contributed by atoms with E-state index in [9.17, 15) is 4.79 Å². The van der Waals surface area contributed by atoms with Crippen LogP contribution in [0.15, 0.2) is 36.4 Å². The van der Waals surface area contributed by atoms with E-state index in [4.69, 9.17) is 4.74 Å². The third kappa shape index (κ3) is 2.67. The summed E-state index contributed by atoms with van der Waals surface area (Å²) in [6.45, 7) is 4.42. The molecule has 0 unspecified atom stereocenters. The number of fused-ring (bicyclic) bond motifs is 1. The molecule has 0 bridgehead atoms. The molecule has 3 nitrogen and oxygen atoms in total. The van der Waals surface area contributed by atoms with Gasteiger partial charge in [0.05, 0.1) is 11.3 Å². The minimum atomic E-state index is 0.387. The Hall–Kier alpha value is -2.20. The fourth-order valence-electron chi connectivity index (χ4n) is 2.26. The maximum atomic E-state index is 11.4. The average Bonchev–Trinajstić information content (AvgIpc) is 2.83. The van der Waals surface area contributed by atoms with Crippen molar-refractivity contribution in [2.24, 2.45) is 0 Å². The predicted octanol–water partition coefficient (Wildman–Crippen LogP) is 4.30. The zero-order valence-electron chi connectivity index (χ0n) is 11.9. The van der Waals surface area contributed by atoms with Crippen molar-refractivity contribution in [2.75, 3.05) is 0 Å². The molecular formula is C17H15NO2S. The topological polar surface area (TPSA) is 39.2 Å². The molecule has 0 N–H and O–H groups in total. The quantitative estimate of drug-likeness (QED) is 0.674. The van der Waals surface area contributed by atoms with Gasteiger partial charge in [0.2, 0.25) is 0 Å². The number of ether oxygens (including phenoxy) is 1. The van der Waals surface area contributed by atoms with Gasteiger partial charge in [-0.25, -0.2) is 4.98 Å². The van der Waals surface area contributed by atoms with Crippen molar-refractivity contribution in [1.29, 1.82) is 0 Å². The summed E-state index contributed by atoms with van der Waals surface area (Å²) >= 11 is 1.63. The molecule has 21 heavy (non-hydrogen) atoms. The summed E-state index contributed by atoms with van der Waals surface area (Å²) in [7, 11) is 0. The lowest BCUT2D eigenvalue weighted by Crippen LogP contribution is -1.98. The molecule has 1 heterocycles. The Kier molecular flexibility index (Phi) is 3.71. The van der Waals surface area contributed by atoms with Crippen LogP contribution in [0.1, 0.15) is 25.9 Å². The van der Waals surface area contributed by atoms with E-state index in [1.807, 2.05) is 50.2 Å². The van der Waals surface area contributed by atoms with Crippen LogP contribution in [-0.4, -0.2) is 11.3 Å². The van der Waals surface area contributed by atoms with E-state index in [0.717, 1.165) is 27.8 Å². The fourth-order valence-corrected chi connectivity index (χ4v) is 3.11. The molecule has 0 fully saturated rings. The Morgan fingerprint density at radius 3 is 2.71 bits per heavy atom. The first-order valence-corrected chi connectivity index (χ1v) is 7.53. The van der Waals surface area contributed by atoms with Gasteiger partial charge in [-0.1, -0.05) is 30.3 Å². The summed E-state index contributed by atoms with van der Waals surface area (Å²) in [6.07, 6.45) is 0.857. The third-order valence-electron chi connectivity index (χ3n) is 3.47. The number of aldehydes is 1. The average molecular weight is 297 g/mol. The van der Waals surface area contributed by atoms with E-state index < -0.39 is 0 Å². The van der Waals surface area contributed by atoms with Gasteiger partial charge in [-0.05, 0) is 30.7 Å². The molecule has 2 aromatic carbocycles. The van der Waals surface area contributed by atoms with Crippen molar-refractivity contribution in [1.82, 2.24) is 4.98 Å². The summed E-state index contributed by atoms with van der Waals surface area (Å²) in [6, 6.07) is 11.6. The van der Waals surface area contributed by atoms with Gasteiger partial charge in [-0.3, -0.25) is 4.79 Å². The summed E-state index contributed by atoms with van der Waals surface area (Å²) in [4.78, 5) is 17.1. The number of thiazole rings is 1. The highest BCUT2D eigenvalue weighted by Crippen LogP contribution is 2.27. The summed E-state index contributed by atoms with van der Waals surface area (Å²) < 4.78 is 5.81. The van der Waals surface area contributed by atoms with E-state index in [0.29, 0.717) is 17.9 Å². The van der Waals surface area contributed by atoms with Crippen LogP contribution in [0.5, 0.6) is 5.75 Å². The van der Waals surface area contributed by atoms with E-state index in [1.165, 1.54) is 4.88 Å². The van der Waals surface area contributed by atoms with Crippen LogP contribution in [0.4, 0.5) is 0 Å². The molecule has 0 atom stereocenters. The van der Waals surface area contributed by atoms with Gasteiger partial charge in [-0.2, -0.15) is 0 Å². The smallest absolute Gasteiger partial charge is 0.154 e. The normalized spacial score (nSPS) is 10.8. The molecule has 3 rings (SSSR count). The molecule has 106 valence electrons. The van der Waals surface area contributed by atoms with Crippen molar-refractivity contribution in [2.45, 2.75) is 20.5 Å². The SMILES string of the molecule is Cc1nc(COc2ccc3ccccc3c2C=O)sc1C. The minimum Gasteiger partial charge on any atom is -0.486 e. The second-order valence-electron chi connectivity index (χ2n) is 4.85. The monoisotopic (exact) mass is 297 g/mol. The molecule has 0 amide bonds. The van der Waals surface area contributed by atoms with E-state index >= 15 is 0 Å². The summed E-state index contributed by atoms with van der Waals surface area (Å²) in [5.41, 5.74) is 1.63. The Morgan fingerprint density at radius 2 is 2.00 bits per heavy atom.